The number of pyridine rings is 1. The van der Waals surface area contributed by atoms with E-state index in [1.807, 2.05) is 0 Å². The van der Waals surface area contributed by atoms with Crippen LogP contribution >= 0.6 is 11.6 Å². The highest BCUT2D eigenvalue weighted by Crippen LogP contribution is 2.61. The summed E-state index contributed by atoms with van der Waals surface area (Å²) in [6, 6.07) is 7.56. The number of fused-ring (bicyclic) bond motifs is 2. The number of benzene rings is 1. The zero-order valence-electron chi connectivity index (χ0n) is 16.5. The average Bonchev–Trinajstić information content (AvgIpc) is 2.76. The number of hydrogen-bond acceptors (Lipinski definition) is 4. The number of carbonyl (C=O) groups is 1. The number of piperidine rings is 2. The van der Waals surface area contributed by atoms with Crippen LogP contribution in [-0.4, -0.2) is 53.9 Å². The van der Waals surface area contributed by atoms with Gasteiger partial charge < -0.3 is 9.64 Å². The number of carbonyl (C=O) groups excluding carboxylic acids is 1. The van der Waals surface area contributed by atoms with Crippen LogP contribution in [0.15, 0.2) is 42.6 Å². The largest absolute Gasteiger partial charge is 0.522 e. The number of nitrogens with zero attached hydrogens (tertiary/aromatic N) is 2. The van der Waals surface area contributed by atoms with E-state index in [1.54, 1.807) is 18.2 Å². The highest BCUT2D eigenvalue weighted by molar-refractivity contribution is 6.32. The average molecular weight is 477 g/mol. The molecule has 1 aromatic carbocycles. The monoisotopic (exact) mass is 476 g/mol. The van der Waals surface area contributed by atoms with Crippen molar-refractivity contribution in [1.82, 2.24) is 9.88 Å². The maximum atomic E-state index is 15.1. The summed E-state index contributed by atoms with van der Waals surface area (Å²) in [4.78, 5) is 18.2. The van der Waals surface area contributed by atoms with Gasteiger partial charge in [0, 0.05) is 18.3 Å². The molecule has 1 aromatic heterocycles. The van der Waals surface area contributed by atoms with E-state index >= 15 is 8.78 Å². The Morgan fingerprint density at radius 3 is 2.59 bits per heavy atom. The second kappa shape index (κ2) is 8.15. The highest BCUT2D eigenvalue weighted by atomic mass is 35.5. The van der Waals surface area contributed by atoms with Gasteiger partial charge in [-0.3, -0.25) is 14.5 Å². The predicted molar refractivity (Wildman–Crippen MR) is 104 cm³/mol. The minimum atomic E-state index is -4.77. The van der Waals surface area contributed by atoms with Gasteiger partial charge in [0.15, 0.2) is 0 Å². The number of aromatic nitrogens is 1. The first kappa shape index (κ1) is 22.7. The van der Waals surface area contributed by atoms with Crippen LogP contribution in [0.3, 0.4) is 0 Å². The van der Waals surface area contributed by atoms with E-state index in [2.05, 4.69) is 9.72 Å². The van der Waals surface area contributed by atoms with Gasteiger partial charge in [0.2, 0.25) is 0 Å². The number of amides is 1. The van der Waals surface area contributed by atoms with E-state index in [9.17, 15) is 18.0 Å². The fraction of sp³-hybridized carbons (Fsp3) is 0.429. The van der Waals surface area contributed by atoms with E-state index < -0.39 is 42.9 Å². The van der Waals surface area contributed by atoms with E-state index in [0.29, 0.717) is 5.69 Å². The summed E-state index contributed by atoms with van der Waals surface area (Å²) in [7, 11) is 0. The van der Waals surface area contributed by atoms with Gasteiger partial charge in [0.1, 0.15) is 12.4 Å². The Kier molecular flexibility index (Phi) is 5.79. The molecule has 0 spiro atoms. The topological polar surface area (TPSA) is 51.7 Å². The fourth-order valence-electron chi connectivity index (χ4n) is 4.34. The van der Waals surface area contributed by atoms with Gasteiger partial charge >= 0.3 is 6.36 Å². The van der Waals surface area contributed by atoms with Crippen LogP contribution in [0.2, 0.25) is 5.02 Å². The highest BCUT2D eigenvalue weighted by Gasteiger charge is 2.74. The lowest BCUT2D eigenvalue weighted by molar-refractivity contribution is -0.325. The lowest BCUT2D eigenvalue weighted by Gasteiger charge is -2.62. The lowest BCUT2D eigenvalue weighted by atomic mass is 9.55. The Labute approximate surface area is 185 Å². The molecule has 1 unspecified atom stereocenters. The maximum absolute atomic E-state index is 15.1. The number of rotatable bonds is 6. The first-order chi connectivity index (χ1) is 15.1. The summed E-state index contributed by atoms with van der Waals surface area (Å²) >= 11 is 6.07. The van der Waals surface area contributed by atoms with Crippen LogP contribution < -0.4 is 4.74 Å². The molecule has 5 rings (SSSR count). The molecule has 1 aliphatic carbocycles. The molecule has 3 fully saturated rings. The number of halogens is 6. The molecule has 2 atom stereocenters. The Bertz CT molecular complexity index is 1000. The number of hydrogen-bond donors (Lipinski definition) is 0. The van der Waals surface area contributed by atoms with Gasteiger partial charge in [0.25, 0.3) is 11.8 Å². The van der Waals surface area contributed by atoms with Crippen LogP contribution in [0.5, 0.6) is 5.75 Å². The molecule has 1 amide bonds. The number of alkyl halides is 5. The Hall–Kier alpha value is -2.46. The third-order valence-corrected chi connectivity index (χ3v) is 6.25. The summed E-state index contributed by atoms with van der Waals surface area (Å²) in [6.07, 6.45) is -3.11. The van der Waals surface area contributed by atoms with E-state index in [1.165, 1.54) is 24.4 Å². The van der Waals surface area contributed by atoms with E-state index in [-0.39, 0.29) is 35.7 Å². The van der Waals surface area contributed by atoms with Crippen molar-refractivity contribution in [2.75, 3.05) is 19.8 Å². The minimum absolute atomic E-state index is 0.0249. The quantitative estimate of drug-likeness (QED) is 0.442. The summed E-state index contributed by atoms with van der Waals surface area (Å²) in [5, 5.41) is -0.0249. The van der Waals surface area contributed by atoms with Crippen molar-refractivity contribution < 1.29 is 36.2 Å². The molecule has 0 radical (unpaired) electrons. The smallest absolute Gasteiger partial charge is 0.490 e. The predicted octanol–water partition coefficient (Wildman–Crippen LogP) is 4.84. The summed E-state index contributed by atoms with van der Waals surface area (Å²) in [5.41, 5.74) is -0.960. The summed E-state index contributed by atoms with van der Waals surface area (Å²) < 4.78 is 75.0. The molecule has 2 saturated heterocycles. The SMILES string of the molecule is O=C(c1ccc(OCCOC(F)(F)F)c(Cl)c1)N1CC[C@@]2(c3ccccn3)CC1C2(F)F. The Balaban J connectivity index is 1.43. The van der Waals surface area contributed by atoms with Gasteiger partial charge in [-0.05, 0) is 43.2 Å². The van der Waals surface area contributed by atoms with Crippen LogP contribution in [0.4, 0.5) is 22.0 Å². The molecule has 1 saturated carbocycles. The molecule has 3 aliphatic rings. The van der Waals surface area contributed by atoms with Crippen molar-refractivity contribution in [1.29, 1.82) is 0 Å². The molecule has 2 bridgehead atoms. The van der Waals surface area contributed by atoms with Crippen molar-refractivity contribution in [3.8, 4) is 5.75 Å². The molecule has 0 N–H and O–H groups in total. The van der Waals surface area contributed by atoms with Gasteiger partial charge in [0.05, 0.1) is 28.8 Å². The standard InChI is InChI=1S/C21H18ClF5N2O3/c22-14-11-13(4-5-15(14)31-9-10-32-21(25,26)27)18(30)29-8-6-19(12-17(29)20(19,23)24)16-3-1-2-7-28-16/h1-5,7,11,17H,6,8-10,12H2/t17?,19-/m0/s1. The first-order valence-corrected chi connectivity index (χ1v) is 10.2. The van der Waals surface area contributed by atoms with Crippen LogP contribution in [0, 0.1) is 0 Å². The van der Waals surface area contributed by atoms with Gasteiger partial charge in [-0.2, -0.15) is 0 Å². The second-order valence-electron chi connectivity index (χ2n) is 7.68. The Morgan fingerprint density at radius 2 is 2.00 bits per heavy atom. The lowest BCUT2D eigenvalue weighted by Crippen LogP contribution is -2.75. The van der Waals surface area contributed by atoms with Gasteiger partial charge in [-0.25, -0.2) is 8.78 Å². The minimum Gasteiger partial charge on any atom is -0.490 e. The molecular weight excluding hydrogens is 459 g/mol. The second-order valence-corrected chi connectivity index (χ2v) is 8.08. The van der Waals surface area contributed by atoms with Crippen molar-refractivity contribution >= 4 is 17.5 Å². The van der Waals surface area contributed by atoms with Gasteiger partial charge in [-0.15, -0.1) is 13.2 Å². The van der Waals surface area contributed by atoms with Crippen molar-refractivity contribution in [2.24, 2.45) is 0 Å². The summed E-state index contributed by atoms with van der Waals surface area (Å²) in [5.74, 6) is -3.67. The van der Waals surface area contributed by atoms with E-state index in [4.69, 9.17) is 16.3 Å². The van der Waals surface area contributed by atoms with Crippen LogP contribution in [-0.2, 0) is 10.2 Å². The van der Waals surface area contributed by atoms with Crippen molar-refractivity contribution in [3.05, 3.63) is 58.9 Å². The normalized spacial score (nSPS) is 24.1. The first-order valence-electron chi connectivity index (χ1n) is 9.78. The Morgan fingerprint density at radius 1 is 1.22 bits per heavy atom. The molecule has 2 aliphatic heterocycles. The van der Waals surface area contributed by atoms with Crippen molar-refractivity contribution in [2.45, 2.75) is 36.6 Å². The van der Waals surface area contributed by atoms with Crippen LogP contribution in [0.25, 0.3) is 0 Å². The molecular formula is C21H18ClF5N2O3. The van der Waals surface area contributed by atoms with Crippen LogP contribution in [0.1, 0.15) is 28.9 Å². The molecule has 5 nitrogen and oxygen atoms in total. The van der Waals surface area contributed by atoms with Gasteiger partial charge in [-0.1, -0.05) is 17.7 Å². The molecule has 172 valence electrons. The molecule has 11 heteroatoms. The fourth-order valence-corrected chi connectivity index (χ4v) is 4.58. The third kappa shape index (κ3) is 3.90. The summed E-state index contributed by atoms with van der Waals surface area (Å²) in [6.45, 7) is -1.01. The maximum Gasteiger partial charge on any atom is 0.522 e. The molecule has 2 aromatic rings. The molecule has 3 heterocycles. The van der Waals surface area contributed by atoms with E-state index in [0.717, 1.165) is 4.90 Å². The van der Waals surface area contributed by atoms with Crippen molar-refractivity contribution in [3.63, 3.8) is 0 Å². The zero-order chi connectivity index (χ0) is 23.1. The third-order valence-electron chi connectivity index (χ3n) is 5.96. The zero-order valence-corrected chi connectivity index (χ0v) is 17.3. The number of ether oxygens (including phenoxy) is 2. The molecule has 32 heavy (non-hydrogen) atoms.